The first-order chi connectivity index (χ1) is 9.11. The Morgan fingerprint density at radius 3 is 2.63 bits per heavy atom. The van der Waals surface area contributed by atoms with Crippen LogP contribution in [-0.4, -0.2) is 65.7 Å². The number of carbonyl (C=O) groups excluding carboxylic acids is 1. The van der Waals surface area contributed by atoms with Gasteiger partial charge in [0.25, 0.3) is 0 Å². The summed E-state index contributed by atoms with van der Waals surface area (Å²) in [5.41, 5.74) is 0. The molecule has 1 amide bonds. The van der Waals surface area contributed by atoms with Crippen LogP contribution < -0.4 is 0 Å². The number of methoxy groups -OCH3 is 1. The molecule has 7 heteroatoms. The van der Waals surface area contributed by atoms with E-state index in [2.05, 4.69) is 15.0 Å². The third-order valence-electron chi connectivity index (χ3n) is 3.38. The van der Waals surface area contributed by atoms with Gasteiger partial charge in [0.2, 0.25) is 11.8 Å². The Labute approximate surface area is 112 Å². The number of aryl methyl sites for hydroxylation is 1. The molecule has 0 N–H and O–H groups in total. The molecule has 1 aromatic heterocycles. The Bertz CT molecular complexity index is 426. The highest BCUT2D eigenvalue weighted by molar-refractivity contribution is 5.77. The molecule has 1 fully saturated rings. The highest BCUT2D eigenvalue weighted by Crippen LogP contribution is 2.19. The van der Waals surface area contributed by atoms with E-state index in [9.17, 15) is 4.79 Å². The van der Waals surface area contributed by atoms with E-state index in [1.807, 2.05) is 11.8 Å². The van der Waals surface area contributed by atoms with Gasteiger partial charge < -0.3 is 14.2 Å². The molecule has 1 aromatic rings. The quantitative estimate of drug-likeness (QED) is 0.778. The maximum atomic E-state index is 11.7. The summed E-state index contributed by atoms with van der Waals surface area (Å²) in [4.78, 5) is 20.0. The number of ether oxygens (including phenoxy) is 1. The number of carbonyl (C=O) groups is 1. The predicted molar refractivity (Wildman–Crippen MR) is 67.5 cm³/mol. The minimum Gasteiger partial charge on any atom is -0.375 e. The van der Waals surface area contributed by atoms with Crippen molar-refractivity contribution in [3.8, 4) is 0 Å². The number of rotatable bonds is 4. The van der Waals surface area contributed by atoms with Crippen LogP contribution in [0.1, 0.15) is 24.7 Å². The average Bonchev–Trinajstić information content (AvgIpc) is 2.85. The molecule has 2 rings (SSSR count). The number of aromatic nitrogens is 2. The van der Waals surface area contributed by atoms with Crippen molar-refractivity contribution in [2.45, 2.75) is 19.9 Å². The van der Waals surface area contributed by atoms with Crippen molar-refractivity contribution >= 4 is 5.91 Å². The van der Waals surface area contributed by atoms with E-state index >= 15 is 0 Å². The van der Waals surface area contributed by atoms with Gasteiger partial charge in [0.05, 0.1) is 6.04 Å². The van der Waals surface area contributed by atoms with Crippen LogP contribution in [0.4, 0.5) is 0 Å². The van der Waals surface area contributed by atoms with Gasteiger partial charge in [0.1, 0.15) is 6.61 Å². The number of piperazine rings is 1. The van der Waals surface area contributed by atoms with E-state index in [0.29, 0.717) is 24.8 Å². The average molecular weight is 268 g/mol. The molecule has 1 atom stereocenters. The summed E-state index contributed by atoms with van der Waals surface area (Å²) in [5.74, 6) is 1.33. The first-order valence-electron chi connectivity index (χ1n) is 6.42. The lowest BCUT2D eigenvalue weighted by molar-refractivity contribution is -0.137. The zero-order valence-corrected chi connectivity index (χ0v) is 11.6. The third-order valence-corrected chi connectivity index (χ3v) is 3.38. The number of hydrogen-bond donors (Lipinski definition) is 0. The van der Waals surface area contributed by atoms with E-state index in [0.717, 1.165) is 13.1 Å². The van der Waals surface area contributed by atoms with Crippen molar-refractivity contribution in [1.29, 1.82) is 0 Å². The normalized spacial score (nSPS) is 18.6. The molecule has 0 unspecified atom stereocenters. The summed E-state index contributed by atoms with van der Waals surface area (Å²) in [5, 5.41) is 3.81. The molecule has 1 aliphatic heterocycles. The van der Waals surface area contributed by atoms with Crippen LogP contribution in [0.15, 0.2) is 4.52 Å². The second-order valence-corrected chi connectivity index (χ2v) is 4.71. The van der Waals surface area contributed by atoms with E-state index in [-0.39, 0.29) is 18.6 Å². The molecule has 0 aliphatic carbocycles. The maximum absolute atomic E-state index is 11.7. The van der Waals surface area contributed by atoms with Gasteiger partial charge in [-0.25, -0.2) is 0 Å². The van der Waals surface area contributed by atoms with E-state index < -0.39 is 0 Å². The monoisotopic (exact) mass is 268 g/mol. The molecular formula is C12H20N4O3. The van der Waals surface area contributed by atoms with Gasteiger partial charge in [0, 0.05) is 33.3 Å². The zero-order chi connectivity index (χ0) is 13.8. The van der Waals surface area contributed by atoms with E-state index in [1.165, 1.54) is 7.11 Å². The van der Waals surface area contributed by atoms with Gasteiger partial charge in [-0.15, -0.1) is 0 Å². The highest BCUT2D eigenvalue weighted by Gasteiger charge is 2.27. The number of amides is 1. The third kappa shape index (κ3) is 3.30. The largest absolute Gasteiger partial charge is 0.375 e. The smallest absolute Gasteiger partial charge is 0.248 e. The Hall–Kier alpha value is -1.47. The Morgan fingerprint density at radius 2 is 2.11 bits per heavy atom. The van der Waals surface area contributed by atoms with Crippen LogP contribution >= 0.6 is 0 Å². The van der Waals surface area contributed by atoms with Gasteiger partial charge in [-0.1, -0.05) is 5.16 Å². The molecule has 106 valence electrons. The second kappa shape index (κ2) is 6.12. The lowest BCUT2D eigenvalue weighted by Gasteiger charge is -2.36. The Morgan fingerprint density at radius 1 is 1.42 bits per heavy atom. The fourth-order valence-corrected chi connectivity index (χ4v) is 2.21. The SMILES string of the molecule is COCC(=O)N1CCN([C@@H](C)c2nc(C)no2)CC1. The lowest BCUT2D eigenvalue weighted by atomic mass is 10.2. The summed E-state index contributed by atoms with van der Waals surface area (Å²) in [6.45, 7) is 7.02. The summed E-state index contributed by atoms with van der Waals surface area (Å²) < 4.78 is 10.1. The standard InChI is InChI=1S/C12H20N4O3/c1-9(12-13-10(2)14-19-12)15-4-6-16(7-5-15)11(17)8-18-3/h9H,4-8H2,1-3H3/t9-/m0/s1. The molecule has 0 radical (unpaired) electrons. The van der Waals surface area contributed by atoms with Crippen LogP contribution in [0.2, 0.25) is 0 Å². The van der Waals surface area contributed by atoms with Crippen LogP contribution in [0.3, 0.4) is 0 Å². The molecule has 0 saturated carbocycles. The first-order valence-corrected chi connectivity index (χ1v) is 6.42. The van der Waals surface area contributed by atoms with Crippen molar-refractivity contribution in [3.05, 3.63) is 11.7 Å². The highest BCUT2D eigenvalue weighted by atomic mass is 16.5. The molecule has 7 nitrogen and oxygen atoms in total. The van der Waals surface area contributed by atoms with Crippen LogP contribution in [0.5, 0.6) is 0 Å². The first kappa shape index (κ1) is 14.0. The van der Waals surface area contributed by atoms with Crippen LogP contribution in [0.25, 0.3) is 0 Å². The molecule has 0 bridgehead atoms. The van der Waals surface area contributed by atoms with E-state index in [4.69, 9.17) is 9.26 Å². The van der Waals surface area contributed by atoms with Crippen molar-refractivity contribution in [2.75, 3.05) is 39.9 Å². The Kier molecular flexibility index (Phi) is 4.49. The Balaban J connectivity index is 1.87. The minimum absolute atomic E-state index is 0.0448. The molecular weight excluding hydrogens is 248 g/mol. The van der Waals surface area contributed by atoms with Crippen LogP contribution in [0, 0.1) is 6.92 Å². The molecule has 1 saturated heterocycles. The van der Waals surface area contributed by atoms with Crippen molar-refractivity contribution in [1.82, 2.24) is 19.9 Å². The predicted octanol–water partition coefficient (Wildman–Crippen LogP) is 0.230. The molecule has 19 heavy (non-hydrogen) atoms. The molecule has 1 aliphatic rings. The second-order valence-electron chi connectivity index (χ2n) is 4.71. The zero-order valence-electron chi connectivity index (χ0n) is 11.6. The number of hydrogen-bond acceptors (Lipinski definition) is 6. The summed E-state index contributed by atoms with van der Waals surface area (Å²) in [7, 11) is 1.54. The van der Waals surface area contributed by atoms with Gasteiger partial charge in [-0.2, -0.15) is 4.98 Å². The van der Waals surface area contributed by atoms with Crippen molar-refractivity contribution in [2.24, 2.45) is 0 Å². The summed E-state index contributed by atoms with van der Waals surface area (Å²) >= 11 is 0. The molecule has 2 heterocycles. The molecule has 0 aromatic carbocycles. The van der Waals surface area contributed by atoms with Gasteiger partial charge in [-0.3, -0.25) is 9.69 Å². The van der Waals surface area contributed by atoms with Gasteiger partial charge in [-0.05, 0) is 13.8 Å². The maximum Gasteiger partial charge on any atom is 0.248 e. The fraction of sp³-hybridized carbons (Fsp3) is 0.750. The minimum atomic E-state index is 0.0448. The summed E-state index contributed by atoms with van der Waals surface area (Å²) in [6, 6.07) is 0.0841. The molecule has 0 spiro atoms. The lowest BCUT2D eigenvalue weighted by Crippen LogP contribution is -2.50. The van der Waals surface area contributed by atoms with Crippen molar-refractivity contribution < 1.29 is 14.1 Å². The van der Waals surface area contributed by atoms with Gasteiger partial charge in [0.15, 0.2) is 5.82 Å². The number of nitrogens with zero attached hydrogens (tertiary/aromatic N) is 4. The topological polar surface area (TPSA) is 71.7 Å². The van der Waals surface area contributed by atoms with Crippen molar-refractivity contribution in [3.63, 3.8) is 0 Å². The van der Waals surface area contributed by atoms with Crippen LogP contribution in [-0.2, 0) is 9.53 Å². The van der Waals surface area contributed by atoms with Gasteiger partial charge >= 0.3 is 0 Å². The summed E-state index contributed by atoms with van der Waals surface area (Å²) in [6.07, 6.45) is 0. The van der Waals surface area contributed by atoms with E-state index in [1.54, 1.807) is 6.92 Å². The fourth-order valence-electron chi connectivity index (χ4n) is 2.21.